The number of benzene rings is 6. The minimum Gasteiger partial charge on any atom is -0.208 e. The van der Waals surface area contributed by atoms with Gasteiger partial charge < -0.3 is 0 Å². The molecule has 0 atom stereocenters. The maximum Gasteiger partial charge on any atom is 0.164 e. The molecule has 0 saturated carbocycles. The highest BCUT2D eigenvalue weighted by molar-refractivity contribution is 5.94. The number of fused-ring (bicyclic) bond motifs is 3. The van der Waals surface area contributed by atoms with E-state index in [0.717, 1.165) is 16.7 Å². The van der Waals surface area contributed by atoms with Gasteiger partial charge in [0.1, 0.15) is 0 Å². The maximum atomic E-state index is 5.16. The van der Waals surface area contributed by atoms with Crippen LogP contribution in [0.25, 0.3) is 45.3 Å². The van der Waals surface area contributed by atoms with E-state index < -0.39 is 5.41 Å². The molecule has 0 saturated heterocycles. The molecule has 0 fully saturated rings. The molecule has 0 amide bonds. The summed E-state index contributed by atoms with van der Waals surface area (Å²) in [6.07, 6.45) is 0. The Morgan fingerprint density at radius 2 is 0.891 bits per heavy atom. The van der Waals surface area contributed by atoms with Gasteiger partial charge in [0, 0.05) is 16.7 Å². The predicted octanol–water partition coefficient (Wildman–Crippen LogP) is 10.2. The van der Waals surface area contributed by atoms with E-state index in [1.54, 1.807) is 0 Å². The van der Waals surface area contributed by atoms with Crippen LogP contribution < -0.4 is 0 Å². The molecule has 1 heterocycles. The summed E-state index contributed by atoms with van der Waals surface area (Å²) in [5, 5.41) is 0. The average Bonchev–Trinajstić information content (AvgIpc) is 3.40. The first-order valence-electron chi connectivity index (χ1n) is 15.8. The minimum absolute atomic E-state index is 0.508. The molecule has 0 bridgehead atoms. The zero-order chi connectivity index (χ0) is 31.3. The lowest BCUT2D eigenvalue weighted by Crippen LogP contribution is -2.28. The van der Waals surface area contributed by atoms with Crippen LogP contribution in [0.4, 0.5) is 0 Å². The quantitative estimate of drug-likeness (QED) is 0.200. The standard InChI is InChI=1S/C43H33N3/c1-28-17-22-33(23-18-28)43(34-24-19-29(2)20-25-34)37-16-10-15-36(39(37)35-26-21-30(3)27-38(35)43)42-45-40(31-11-6-4-7-12-31)44-41(46-42)32-13-8-5-9-14-32/h4-27H,1-3H3. The van der Waals surface area contributed by atoms with Crippen LogP contribution in [0.3, 0.4) is 0 Å². The highest BCUT2D eigenvalue weighted by atomic mass is 15.0. The molecule has 46 heavy (non-hydrogen) atoms. The molecule has 0 radical (unpaired) electrons. The first-order valence-corrected chi connectivity index (χ1v) is 15.8. The van der Waals surface area contributed by atoms with Crippen molar-refractivity contribution >= 4 is 0 Å². The molecule has 1 aromatic heterocycles. The van der Waals surface area contributed by atoms with Crippen molar-refractivity contribution in [2.24, 2.45) is 0 Å². The molecular formula is C43H33N3. The largest absolute Gasteiger partial charge is 0.208 e. The fourth-order valence-electron chi connectivity index (χ4n) is 7.00. The van der Waals surface area contributed by atoms with Crippen molar-refractivity contribution in [3.8, 4) is 45.3 Å². The summed E-state index contributed by atoms with van der Waals surface area (Å²) in [5.74, 6) is 1.99. The summed E-state index contributed by atoms with van der Waals surface area (Å²) in [6, 6.07) is 52.0. The molecule has 220 valence electrons. The van der Waals surface area contributed by atoms with Gasteiger partial charge in [0.05, 0.1) is 5.41 Å². The molecule has 0 spiro atoms. The second-order valence-electron chi connectivity index (χ2n) is 12.3. The van der Waals surface area contributed by atoms with E-state index in [9.17, 15) is 0 Å². The Balaban J connectivity index is 1.46. The summed E-state index contributed by atoms with van der Waals surface area (Å²) >= 11 is 0. The van der Waals surface area contributed by atoms with Crippen molar-refractivity contribution in [3.63, 3.8) is 0 Å². The van der Waals surface area contributed by atoms with Crippen molar-refractivity contribution < 1.29 is 0 Å². The van der Waals surface area contributed by atoms with Gasteiger partial charge in [-0.15, -0.1) is 0 Å². The predicted molar refractivity (Wildman–Crippen MR) is 188 cm³/mol. The fourth-order valence-corrected chi connectivity index (χ4v) is 7.00. The van der Waals surface area contributed by atoms with Crippen molar-refractivity contribution in [1.82, 2.24) is 15.0 Å². The van der Waals surface area contributed by atoms with Crippen molar-refractivity contribution in [1.29, 1.82) is 0 Å². The number of rotatable bonds is 5. The zero-order valence-corrected chi connectivity index (χ0v) is 26.2. The SMILES string of the molecule is Cc1ccc(C2(c3ccc(C)cc3)c3cc(C)ccc3-c3c(-c4nc(-c5ccccc5)nc(-c5ccccc5)n4)cccc32)cc1. The molecule has 0 aliphatic heterocycles. The van der Waals surface area contributed by atoms with Crippen LogP contribution in [0.2, 0.25) is 0 Å². The normalized spacial score (nSPS) is 12.8. The Hall–Kier alpha value is -5.67. The molecule has 1 aliphatic carbocycles. The van der Waals surface area contributed by atoms with Crippen LogP contribution in [0.15, 0.2) is 146 Å². The number of aryl methyl sites for hydroxylation is 3. The molecule has 3 nitrogen and oxygen atoms in total. The van der Waals surface area contributed by atoms with Gasteiger partial charge >= 0.3 is 0 Å². The Morgan fingerprint density at radius 1 is 0.391 bits per heavy atom. The van der Waals surface area contributed by atoms with Gasteiger partial charge in [-0.3, -0.25) is 0 Å². The molecule has 7 aromatic rings. The molecule has 0 N–H and O–H groups in total. The Kier molecular flexibility index (Phi) is 6.69. The van der Waals surface area contributed by atoms with Gasteiger partial charge in [-0.05, 0) is 54.2 Å². The van der Waals surface area contributed by atoms with E-state index in [0.29, 0.717) is 17.5 Å². The van der Waals surface area contributed by atoms with Crippen LogP contribution in [0, 0.1) is 20.8 Å². The van der Waals surface area contributed by atoms with E-state index in [1.807, 2.05) is 36.4 Å². The average molecular weight is 592 g/mol. The third-order valence-electron chi connectivity index (χ3n) is 9.23. The highest BCUT2D eigenvalue weighted by Gasteiger charge is 2.47. The van der Waals surface area contributed by atoms with Crippen LogP contribution in [0.5, 0.6) is 0 Å². The summed E-state index contributed by atoms with van der Waals surface area (Å²) in [7, 11) is 0. The van der Waals surface area contributed by atoms with E-state index in [2.05, 4.69) is 130 Å². The van der Waals surface area contributed by atoms with Gasteiger partial charge in [-0.2, -0.15) is 0 Å². The van der Waals surface area contributed by atoms with Crippen molar-refractivity contribution in [2.75, 3.05) is 0 Å². The molecule has 3 heteroatoms. The summed E-state index contributed by atoms with van der Waals surface area (Å²) in [4.78, 5) is 15.3. The molecule has 1 aliphatic rings. The topological polar surface area (TPSA) is 38.7 Å². The van der Waals surface area contributed by atoms with Crippen molar-refractivity contribution in [2.45, 2.75) is 26.2 Å². The zero-order valence-electron chi connectivity index (χ0n) is 26.2. The van der Waals surface area contributed by atoms with E-state index in [4.69, 9.17) is 15.0 Å². The first kappa shape index (κ1) is 27.8. The van der Waals surface area contributed by atoms with Gasteiger partial charge in [-0.1, -0.05) is 162 Å². The Morgan fingerprint density at radius 3 is 1.43 bits per heavy atom. The van der Waals surface area contributed by atoms with Crippen LogP contribution in [-0.4, -0.2) is 15.0 Å². The minimum atomic E-state index is -0.508. The monoisotopic (exact) mass is 591 g/mol. The molecule has 6 aromatic carbocycles. The number of nitrogens with zero attached hydrogens (tertiary/aromatic N) is 3. The maximum absolute atomic E-state index is 5.16. The second kappa shape index (κ2) is 11.0. The number of hydrogen-bond donors (Lipinski definition) is 0. The fraction of sp³-hybridized carbons (Fsp3) is 0.0930. The molecular weight excluding hydrogens is 558 g/mol. The van der Waals surface area contributed by atoms with Crippen LogP contribution in [-0.2, 0) is 5.41 Å². The summed E-state index contributed by atoms with van der Waals surface area (Å²) in [6.45, 7) is 6.48. The van der Waals surface area contributed by atoms with E-state index in [-0.39, 0.29) is 0 Å². The Labute approximate surface area is 270 Å². The van der Waals surface area contributed by atoms with Gasteiger partial charge in [0.25, 0.3) is 0 Å². The third-order valence-corrected chi connectivity index (χ3v) is 9.23. The van der Waals surface area contributed by atoms with Gasteiger partial charge in [0.2, 0.25) is 0 Å². The molecule has 8 rings (SSSR count). The smallest absolute Gasteiger partial charge is 0.164 e. The highest BCUT2D eigenvalue weighted by Crippen LogP contribution is 2.58. The van der Waals surface area contributed by atoms with E-state index >= 15 is 0 Å². The van der Waals surface area contributed by atoms with Crippen LogP contribution in [0.1, 0.15) is 38.9 Å². The first-order chi connectivity index (χ1) is 22.5. The van der Waals surface area contributed by atoms with E-state index in [1.165, 1.54) is 50.1 Å². The van der Waals surface area contributed by atoms with Crippen molar-refractivity contribution in [3.05, 3.63) is 185 Å². The third kappa shape index (κ3) is 4.47. The lowest BCUT2D eigenvalue weighted by atomic mass is 9.67. The summed E-state index contributed by atoms with van der Waals surface area (Å²) in [5.41, 5.74) is 13.5. The summed E-state index contributed by atoms with van der Waals surface area (Å²) < 4.78 is 0. The number of hydrogen-bond acceptors (Lipinski definition) is 3. The molecule has 0 unspecified atom stereocenters. The second-order valence-corrected chi connectivity index (χ2v) is 12.3. The Bertz CT molecular complexity index is 2100. The number of aromatic nitrogens is 3. The van der Waals surface area contributed by atoms with Gasteiger partial charge in [0.15, 0.2) is 17.5 Å². The lowest BCUT2D eigenvalue weighted by molar-refractivity contribution is 0.766. The van der Waals surface area contributed by atoms with Crippen LogP contribution >= 0.6 is 0 Å². The van der Waals surface area contributed by atoms with Gasteiger partial charge in [-0.25, -0.2) is 15.0 Å². The lowest BCUT2D eigenvalue weighted by Gasteiger charge is -2.34.